The lowest BCUT2D eigenvalue weighted by atomic mass is 10.1. The predicted octanol–water partition coefficient (Wildman–Crippen LogP) is 2.55. The van der Waals surface area contributed by atoms with Gasteiger partial charge in [0.1, 0.15) is 0 Å². The Morgan fingerprint density at radius 3 is 2.23 bits per heavy atom. The van der Waals surface area contributed by atoms with Crippen LogP contribution in [0, 0.1) is 0 Å². The summed E-state index contributed by atoms with van der Waals surface area (Å²) in [4.78, 5) is 36.5. The summed E-state index contributed by atoms with van der Waals surface area (Å²) in [5, 5.41) is 11.7. The van der Waals surface area contributed by atoms with Crippen LogP contribution in [0.3, 0.4) is 0 Å². The van der Waals surface area contributed by atoms with Gasteiger partial charge in [-0.15, -0.1) is 0 Å². The van der Waals surface area contributed by atoms with E-state index in [0.29, 0.717) is 31.5 Å². The van der Waals surface area contributed by atoms with Crippen LogP contribution in [-0.4, -0.2) is 41.4 Å². The molecular weight excluding hydrogens is 332 g/mol. The summed E-state index contributed by atoms with van der Waals surface area (Å²) in [5.74, 6) is -1.15. The van der Waals surface area contributed by atoms with Crippen LogP contribution in [-0.2, 0) is 11.3 Å². The van der Waals surface area contributed by atoms with E-state index in [1.54, 1.807) is 48.3 Å². The molecule has 2 rings (SSSR count). The average molecular weight is 354 g/mol. The number of nitrogens with zero attached hydrogens (tertiary/aromatic N) is 1. The van der Waals surface area contributed by atoms with Gasteiger partial charge in [-0.2, -0.15) is 0 Å². The number of carboxylic acid groups (broad SMARTS) is 1. The number of amides is 2. The zero-order valence-corrected chi connectivity index (χ0v) is 14.6. The van der Waals surface area contributed by atoms with E-state index in [2.05, 4.69) is 5.32 Å². The number of rotatable bonds is 8. The quantitative estimate of drug-likeness (QED) is 0.713. The summed E-state index contributed by atoms with van der Waals surface area (Å²) in [6, 6.07) is 15.4. The lowest BCUT2D eigenvalue weighted by Gasteiger charge is -2.17. The molecule has 2 aromatic carbocycles. The predicted molar refractivity (Wildman–Crippen MR) is 97.9 cm³/mol. The zero-order valence-electron chi connectivity index (χ0n) is 14.6. The molecule has 6 heteroatoms. The molecule has 2 aromatic rings. The van der Waals surface area contributed by atoms with E-state index in [0.717, 1.165) is 5.56 Å². The molecule has 0 unspecified atom stereocenters. The van der Waals surface area contributed by atoms with Crippen LogP contribution in [0.4, 0.5) is 0 Å². The first-order valence-corrected chi connectivity index (χ1v) is 8.37. The number of carbonyl (C=O) groups is 3. The van der Waals surface area contributed by atoms with Crippen molar-refractivity contribution in [2.24, 2.45) is 0 Å². The second-order valence-electron chi connectivity index (χ2n) is 5.98. The number of hydrogen-bond acceptors (Lipinski definition) is 3. The van der Waals surface area contributed by atoms with E-state index in [1.165, 1.54) is 12.1 Å². The van der Waals surface area contributed by atoms with Gasteiger partial charge in [-0.1, -0.05) is 30.3 Å². The van der Waals surface area contributed by atoms with Crippen LogP contribution in [0.5, 0.6) is 0 Å². The van der Waals surface area contributed by atoms with E-state index < -0.39 is 5.97 Å². The number of hydrogen-bond donors (Lipinski definition) is 2. The smallest absolute Gasteiger partial charge is 0.335 e. The van der Waals surface area contributed by atoms with Crippen molar-refractivity contribution in [3.63, 3.8) is 0 Å². The van der Waals surface area contributed by atoms with Gasteiger partial charge in [0.05, 0.1) is 5.56 Å². The summed E-state index contributed by atoms with van der Waals surface area (Å²) in [7, 11) is 1.70. The number of nitrogens with one attached hydrogen (secondary N) is 1. The minimum Gasteiger partial charge on any atom is -0.478 e. The molecule has 136 valence electrons. The fourth-order valence-corrected chi connectivity index (χ4v) is 2.44. The molecule has 2 N–H and O–H groups in total. The van der Waals surface area contributed by atoms with Gasteiger partial charge in [-0.3, -0.25) is 9.59 Å². The standard InChI is InChI=1S/C20H22N2O4/c1-22(14-15-9-11-17(12-10-15)20(25)26)18(23)8-5-13-21-19(24)16-6-3-2-4-7-16/h2-4,6-7,9-12H,5,8,13-14H2,1H3,(H,21,24)(H,25,26). The van der Waals surface area contributed by atoms with Gasteiger partial charge in [0.15, 0.2) is 0 Å². The monoisotopic (exact) mass is 354 g/mol. The lowest BCUT2D eigenvalue weighted by Crippen LogP contribution is -2.28. The van der Waals surface area contributed by atoms with Gasteiger partial charge in [0.25, 0.3) is 5.91 Å². The molecule has 0 spiro atoms. The second-order valence-corrected chi connectivity index (χ2v) is 5.98. The number of carbonyl (C=O) groups excluding carboxylic acids is 2. The van der Waals surface area contributed by atoms with Crippen LogP contribution in [0.1, 0.15) is 39.1 Å². The molecule has 0 aliphatic heterocycles. The summed E-state index contributed by atoms with van der Waals surface area (Å²) in [6.45, 7) is 0.843. The highest BCUT2D eigenvalue weighted by Crippen LogP contribution is 2.08. The van der Waals surface area contributed by atoms with E-state index >= 15 is 0 Å². The van der Waals surface area contributed by atoms with Gasteiger partial charge >= 0.3 is 5.97 Å². The maximum Gasteiger partial charge on any atom is 0.335 e. The summed E-state index contributed by atoms with van der Waals surface area (Å²) in [5.41, 5.74) is 1.68. The Kier molecular flexibility index (Phi) is 6.91. The second kappa shape index (κ2) is 9.36. The summed E-state index contributed by atoms with van der Waals surface area (Å²) >= 11 is 0. The molecule has 6 nitrogen and oxygen atoms in total. The van der Waals surface area contributed by atoms with E-state index in [-0.39, 0.29) is 17.4 Å². The lowest BCUT2D eigenvalue weighted by molar-refractivity contribution is -0.130. The third-order valence-electron chi connectivity index (χ3n) is 3.94. The Bertz CT molecular complexity index is 757. The maximum absolute atomic E-state index is 12.2. The fourth-order valence-electron chi connectivity index (χ4n) is 2.44. The molecule has 0 aliphatic rings. The van der Waals surface area contributed by atoms with Crippen molar-refractivity contribution in [1.29, 1.82) is 0 Å². The van der Waals surface area contributed by atoms with Crippen molar-refractivity contribution in [3.05, 3.63) is 71.3 Å². The van der Waals surface area contributed by atoms with Crippen molar-refractivity contribution in [2.75, 3.05) is 13.6 Å². The minimum absolute atomic E-state index is 0.0266. The molecule has 0 aromatic heterocycles. The van der Waals surface area contributed by atoms with Crippen molar-refractivity contribution < 1.29 is 19.5 Å². The fraction of sp³-hybridized carbons (Fsp3) is 0.250. The molecule has 0 radical (unpaired) electrons. The van der Waals surface area contributed by atoms with Crippen LogP contribution < -0.4 is 5.32 Å². The Balaban J connectivity index is 1.71. The van der Waals surface area contributed by atoms with Crippen molar-refractivity contribution in [1.82, 2.24) is 10.2 Å². The van der Waals surface area contributed by atoms with Crippen molar-refractivity contribution >= 4 is 17.8 Å². The third-order valence-corrected chi connectivity index (χ3v) is 3.94. The number of aromatic carboxylic acids is 1. The van der Waals surface area contributed by atoms with E-state index in [4.69, 9.17) is 5.11 Å². The SMILES string of the molecule is CN(Cc1ccc(C(=O)O)cc1)C(=O)CCCNC(=O)c1ccccc1. The minimum atomic E-state index is -0.974. The van der Waals surface area contributed by atoms with Crippen LogP contribution >= 0.6 is 0 Å². The first-order chi connectivity index (χ1) is 12.5. The largest absolute Gasteiger partial charge is 0.478 e. The molecule has 2 amide bonds. The number of benzene rings is 2. The van der Waals surface area contributed by atoms with E-state index in [9.17, 15) is 14.4 Å². The Morgan fingerprint density at radius 1 is 0.962 bits per heavy atom. The van der Waals surface area contributed by atoms with Crippen molar-refractivity contribution in [2.45, 2.75) is 19.4 Å². The van der Waals surface area contributed by atoms with Crippen LogP contribution in [0.2, 0.25) is 0 Å². The third kappa shape index (κ3) is 5.73. The molecule has 0 saturated carbocycles. The Hall–Kier alpha value is -3.15. The summed E-state index contributed by atoms with van der Waals surface area (Å²) in [6.07, 6.45) is 0.887. The van der Waals surface area contributed by atoms with Crippen molar-refractivity contribution in [3.8, 4) is 0 Å². The van der Waals surface area contributed by atoms with Gasteiger partial charge in [0, 0.05) is 32.1 Å². The Morgan fingerprint density at radius 2 is 1.62 bits per heavy atom. The first kappa shape index (κ1) is 19.2. The highest BCUT2D eigenvalue weighted by Gasteiger charge is 2.10. The molecule has 26 heavy (non-hydrogen) atoms. The van der Waals surface area contributed by atoms with Gasteiger partial charge in [0.2, 0.25) is 5.91 Å². The molecular formula is C20H22N2O4. The molecule has 0 bridgehead atoms. The maximum atomic E-state index is 12.2. The van der Waals surface area contributed by atoms with Gasteiger partial charge < -0.3 is 15.3 Å². The topological polar surface area (TPSA) is 86.7 Å². The molecule has 0 saturated heterocycles. The molecule has 0 heterocycles. The van der Waals surface area contributed by atoms with Crippen LogP contribution in [0.25, 0.3) is 0 Å². The summed E-state index contributed by atoms with van der Waals surface area (Å²) < 4.78 is 0. The van der Waals surface area contributed by atoms with Gasteiger partial charge in [-0.25, -0.2) is 4.79 Å². The molecule has 0 atom stereocenters. The first-order valence-electron chi connectivity index (χ1n) is 8.37. The molecule has 0 fully saturated rings. The highest BCUT2D eigenvalue weighted by molar-refractivity contribution is 5.94. The van der Waals surface area contributed by atoms with E-state index in [1.807, 2.05) is 6.07 Å². The zero-order chi connectivity index (χ0) is 18.9. The normalized spacial score (nSPS) is 10.2. The van der Waals surface area contributed by atoms with Gasteiger partial charge in [-0.05, 0) is 36.2 Å². The highest BCUT2D eigenvalue weighted by atomic mass is 16.4. The Labute approximate surface area is 152 Å². The van der Waals surface area contributed by atoms with Crippen LogP contribution in [0.15, 0.2) is 54.6 Å². The average Bonchev–Trinajstić information content (AvgIpc) is 2.66. The molecule has 0 aliphatic carbocycles. The number of carboxylic acids is 1.